The number of alkyl halides is 1. The van der Waals surface area contributed by atoms with Gasteiger partial charge in [0.1, 0.15) is 5.52 Å². The molecule has 72 valence electrons. The number of fused-ring (bicyclic) bond motifs is 1. The van der Waals surface area contributed by atoms with Crippen molar-refractivity contribution in [1.82, 2.24) is 4.98 Å². The molecule has 2 nitrogen and oxygen atoms in total. The lowest BCUT2D eigenvalue weighted by Gasteiger charge is -1.88. The first-order chi connectivity index (χ1) is 6.72. The second-order valence-corrected chi connectivity index (χ2v) is 4.37. The lowest BCUT2D eigenvalue weighted by molar-refractivity contribution is 0.102. The van der Waals surface area contributed by atoms with Gasteiger partial charge in [0.25, 0.3) is 0 Å². The number of ketones is 1. The number of carbonyl (C=O) groups excluding carboxylic acids is 1. The number of hydrogen-bond acceptors (Lipinski definition) is 3. The van der Waals surface area contributed by atoms with Crippen molar-refractivity contribution in [3.05, 3.63) is 28.2 Å². The molecule has 2 rings (SSSR count). The number of nitrogens with zero attached hydrogens (tertiary/aromatic N) is 1. The number of rotatable bonds is 2. The molecule has 1 aromatic heterocycles. The van der Waals surface area contributed by atoms with Crippen LogP contribution in [0.1, 0.15) is 9.80 Å². The molecule has 0 aliphatic carbocycles. The number of hydrogen-bond donors (Lipinski definition) is 0. The Balaban J connectivity index is 2.62. The van der Waals surface area contributed by atoms with Gasteiger partial charge in [-0.3, -0.25) is 4.79 Å². The number of halogens is 2. The van der Waals surface area contributed by atoms with Crippen LogP contribution in [0.15, 0.2) is 18.2 Å². The smallest absolute Gasteiger partial charge is 0.206 e. The second kappa shape index (κ2) is 3.85. The molecule has 0 saturated carbocycles. The molecule has 0 N–H and O–H groups in total. The number of benzene rings is 1. The highest BCUT2D eigenvalue weighted by Crippen LogP contribution is 2.28. The molecule has 0 saturated heterocycles. The van der Waals surface area contributed by atoms with E-state index in [0.29, 0.717) is 15.5 Å². The zero-order valence-corrected chi connectivity index (χ0v) is 9.29. The van der Waals surface area contributed by atoms with Gasteiger partial charge in [0.15, 0.2) is 5.01 Å². The predicted octanol–water partition coefficient (Wildman–Crippen LogP) is 3.37. The zero-order valence-electron chi connectivity index (χ0n) is 6.96. The van der Waals surface area contributed by atoms with Crippen LogP contribution < -0.4 is 0 Å². The van der Waals surface area contributed by atoms with E-state index in [1.54, 1.807) is 6.07 Å². The average molecular weight is 246 g/mol. The Kier molecular flexibility index (Phi) is 2.72. The Hall–Kier alpha value is -0.640. The van der Waals surface area contributed by atoms with Crippen LogP contribution in [0.4, 0.5) is 0 Å². The zero-order chi connectivity index (χ0) is 10.1. The van der Waals surface area contributed by atoms with E-state index in [1.165, 1.54) is 11.3 Å². The molecule has 0 amide bonds. The summed E-state index contributed by atoms with van der Waals surface area (Å²) in [6.45, 7) is 0. The van der Waals surface area contributed by atoms with Gasteiger partial charge in [-0.15, -0.1) is 22.9 Å². The minimum atomic E-state index is -0.163. The van der Waals surface area contributed by atoms with Crippen molar-refractivity contribution < 1.29 is 4.79 Å². The van der Waals surface area contributed by atoms with E-state index in [0.717, 1.165) is 4.70 Å². The lowest BCUT2D eigenvalue weighted by atomic mass is 10.3. The first-order valence-electron chi connectivity index (χ1n) is 3.86. The summed E-state index contributed by atoms with van der Waals surface area (Å²) in [5.74, 6) is -0.207. The third-order valence-corrected chi connectivity index (χ3v) is 3.34. The highest BCUT2D eigenvalue weighted by molar-refractivity contribution is 7.20. The fraction of sp³-hybridized carbons (Fsp3) is 0.111. The van der Waals surface area contributed by atoms with E-state index in [-0.39, 0.29) is 11.7 Å². The standard InChI is InChI=1S/C9H5Cl2NOS/c10-4-6(13)9-12-8-5(11)2-1-3-7(8)14-9/h1-3H,4H2. The number of para-hydroxylation sites is 1. The van der Waals surface area contributed by atoms with Gasteiger partial charge >= 0.3 is 0 Å². The Bertz CT molecular complexity index is 495. The SMILES string of the molecule is O=C(CCl)c1nc2c(Cl)cccc2s1. The van der Waals surface area contributed by atoms with Gasteiger partial charge in [0, 0.05) is 0 Å². The molecular formula is C9H5Cl2NOS. The minimum Gasteiger partial charge on any atom is -0.290 e. The molecule has 0 bridgehead atoms. The number of thiazole rings is 1. The van der Waals surface area contributed by atoms with Crippen LogP contribution in [-0.4, -0.2) is 16.6 Å². The fourth-order valence-electron chi connectivity index (χ4n) is 1.09. The summed E-state index contributed by atoms with van der Waals surface area (Å²) in [6, 6.07) is 5.46. The van der Waals surface area contributed by atoms with Crippen LogP contribution in [0, 0.1) is 0 Å². The van der Waals surface area contributed by atoms with Crippen LogP contribution >= 0.6 is 34.5 Å². The van der Waals surface area contributed by atoms with E-state index in [1.807, 2.05) is 12.1 Å². The van der Waals surface area contributed by atoms with Gasteiger partial charge in [-0.1, -0.05) is 17.7 Å². The summed E-state index contributed by atoms with van der Waals surface area (Å²) in [5, 5.41) is 0.982. The van der Waals surface area contributed by atoms with Crippen molar-refractivity contribution >= 4 is 50.5 Å². The van der Waals surface area contributed by atoms with Gasteiger partial charge < -0.3 is 0 Å². The average Bonchev–Trinajstić information content (AvgIpc) is 2.62. The molecule has 0 radical (unpaired) electrons. The molecule has 0 unspecified atom stereocenters. The molecule has 0 aliphatic rings. The maximum absolute atomic E-state index is 11.3. The van der Waals surface area contributed by atoms with Crippen molar-refractivity contribution in [2.24, 2.45) is 0 Å². The molecule has 0 fully saturated rings. The molecule has 2 aromatic rings. The molecular weight excluding hydrogens is 241 g/mol. The highest BCUT2D eigenvalue weighted by Gasteiger charge is 2.12. The number of Topliss-reactive ketones (excluding diaryl/α,β-unsaturated/α-hetero) is 1. The number of carbonyl (C=O) groups is 1. The normalized spacial score (nSPS) is 10.7. The van der Waals surface area contributed by atoms with Gasteiger partial charge in [0.05, 0.1) is 15.6 Å². The van der Waals surface area contributed by atoms with Crippen LogP contribution in [0.25, 0.3) is 10.2 Å². The summed E-state index contributed by atoms with van der Waals surface area (Å²) in [6.07, 6.45) is 0. The minimum absolute atomic E-state index is 0.0442. The van der Waals surface area contributed by atoms with E-state index in [9.17, 15) is 4.79 Å². The second-order valence-electron chi connectivity index (χ2n) is 2.66. The third-order valence-electron chi connectivity index (χ3n) is 1.73. The van der Waals surface area contributed by atoms with Crippen LogP contribution in [0.2, 0.25) is 5.02 Å². The molecule has 1 aromatic carbocycles. The van der Waals surface area contributed by atoms with Crippen LogP contribution in [0.3, 0.4) is 0 Å². The Morgan fingerprint density at radius 1 is 1.50 bits per heavy atom. The maximum Gasteiger partial charge on any atom is 0.206 e. The van der Waals surface area contributed by atoms with Crippen molar-refractivity contribution in [1.29, 1.82) is 0 Å². The molecule has 0 atom stereocenters. The number of aromatic nitrogens is 1. The van der Waals surface area contributed by atoms with Crippen molar-refractivity contribution in [3.63, 3.8) is 0 Å². The van der Waals surface area contributed by atoms with Gasteiger partial charge in [-0.05, 0) is 12.1 Å². The van der Waals surface area contributed by atoms with Crippen molar-refractivity contribution in [3.8, 4) is 0 Å². The summed E-state index contributed by atoms with van der Waals surface area (Å²) in [7, 11) is 0. The predicted molar refractivity (Wildman–Crippen MR) is 59.7 cm³/mol. The first-order valence-corrected chi connectivity index (χ1v) is 5.59. The molecule has 14 heavy (non-hydrogen) atoms. The lowest BCUT2D eigenvalue weighted by Crippen LogP contribution is -1.98. The third kappa shape index (κ3) is 1.63. The Morgan fingerprint density at radius 3 is 2.93 bits per heavy atom. The first kappa shape index (κ1) is 9.90. The molecule has 0 spiro atoms. The van der Waals surface area contributed by atoms with Gasteiger partial charge in [-0.2, -0.15) is 0 Å². The summed E-state index contributed by atoms with van der Waals surface area (Å²) in [5.41, 5.74) is 0.674. The fourth-order valence-corrected chi connectivity index (χ4v) is 2.50. The van der Waals surface area contributed by atoms with Crippen LogP contribution in [0.5, 0.6) is 0 Å². The summed E-state index contributed by atoms with van der Waals surface area (Å²) >= 11 is 12.7. The van der Waals surface area contributed by atoms with E-state index < -0.39 is 0 Å². The van der Waals surface area contributed by atoms with E-state index >= 15 is 0 Å². The monoisotopic (exact) mass is 245 g/mol. The van der Waals surface area contributed by atoms with Crippen molar-refractivity contribution in [2.45, 2.75) is 0 Å². The molecule has 1 heterocycles. The van der Waals surface area contributed by atoms with Gasteiger partial charge in [0.2, 0.25) is 5.78 Å². The highest BCUT2D eigenvalue weighted by atomic mass is 35.5. The summed E-state index contributed by atoms with van der Waals surface area (Å²) < 4.78 is 0.908. The molecule has 0 aliphatic heterocycles. The maximum atomic E-state index is 11.3. The largest absolute Gasteiger partial charge is 0.290 e. The topological polar surface area (TPSA) is 30.0 Å². The Morgan fingerprint density at radius 2 is 2.29 bits per heavy atom. The van der Waals surface area contributed by atoms with Crippen LogP contribution in [-0.2, 0) is 0 Å². The quantitative estimate of drug-likeness (QED) is 0.600. The van der Waals surface area contributed by atoms with Gasteiger partial charge in [-0.25, -0.2) is 4.98 Å². The molecule has 5 heteroatoms. The van der Waals surface area contributed by atoms with Crippen molar-refractivity contribution in [2.75, 3.05) is 5.88 Å². The summed E-state index contributed by atoms with van der Waals surface area (Å²) in [4.78, 5) is 15.4. The van der Waals surface area contributed by atoms with E-state index in [4.69, 9.17) is 23.2 Å². The van der Waals surface area contributed by atoms with E-state index in [2.05, 4.69) is 4.98 Å². The Labute approximate surface area is 94.5 Å².